The van der Waals surface area contributed by atoms with Crippen molar-refractivity contribution in [1.29, 1.82) is 0 Å². The van der Waals surface area contributed by atoms with E-state index in [9.17, 15) is 4.79 Å². The molecule has 0 spiro atoms. The largest absolute Gasteiger partial charge is 0.336 e. The second kappa shape index (κ2) is 7.81. The fourth-order valence-electron chi connectivity index (χ4n) is 3.28. The Morgan fingerprint density at radius 1 is 1.39 bits per heavy atom. The van der Waals surface area contributed by atoms with Crippen LogP contribution in [0.3, 0.4) is 0 Å². The molecule has 0 aromatic carbocycles. The highest BCUT2D eigenvalue weighted by Crippen LogP contribution is 2.24. The summed E-state index contributed by atoms with van der Waals surface area (Å²) in [6.45, 7) is 6.88. The van der Waals surface area contributed by atoms with Crippen LogP contribution in [0, 0.1) is 11.8 Å². The number of nitrogens with one attached hydrogen (secondary N) is 1. The third kappa shape index (κ3) is 4.70. The second-order valence-electron chi connectivity index (χ2n) is 7.18. The molecular formula is C17H31N5O. The van der Waals surface area contributed by atoms with Crippen LogP contribution in [0.25, 0.3) is 0 Å². The van der Waals surface area contributed by atoms with Crippen molar-refractivity contribution in [3.63, 3.8) is 0 Å². The number of piperidine rings is 1. The number of likely N-dealkylation sites (N-methyl/N-ethyl adjacent to an activating group) is 1. The van der Waals surface area contributed by atoms with E-state index in [-0.39, 0.29) is 12.1 Å². The van der Waals surface area contributed by atoms with Gasteiger partial charge in [0.25, 0.3) is 0 Å². The van der Waals surface area contributed by atoms with Gasteiger partial charge in [-0.3, -0.25) is 4.68 Å². The average molecular weight is 321 g/mol. The number of likely N-dealkylation sites (tertiary alicyclic amines) is 1. The molecule has 1 aliphatic rings. The highest BCUT2D eigenvalue weighted by molar-refractivity contribution is 5.74. The number of carbonyl (C=O) groups excluding carboxylic acids is 1. The highest BCUT2D eigenvalue weighted by atomic mass is 16.2. The Balaban J connectivity index is 1.85. The van der Waals surface area contributed by atoms with Crippen molar-refractivity contribution in [2.45, 2.75) is 32.7 Å². The van der Waals surface area contributed by atoms with E-state index in [0.29, 0.717) is 12.5 Å². The molecule has 1 aliphatic heterocycles. The van der Waals surface area contributed by atoms with Gasteiger partial charge in [-0.15, -0.1) is 0 Å². The Hall–Kier alpha value is -1.56. The maximum Gasteiger partial charge on any atom is 0.317 e. The first-order valence-corrected chi connectivity index (χ1v) is 8.56. The Morgan fingerprint density at radius 3 is 2.52 bits per heavy atom. The molecule has 1 fully saturated rings. The zero-order valence-corrected chi connectivity index (χ0v) is 15.1. The van der Waals surface area contributed by atoms with Gasteiger partial charge in [0.15, 0.2) is 0 Å². The zero-order valence-electron chi connectivity index (χ0n) is 15.1. The molecule has 130 valence electrons. The first kappa shape index (κ1) is 17.8. The van der Waals surface area contributed by atoms with Gasteiger partial charge >= 0.3 is 6.03 Å². The summed E-state index contributed by atoms with van der Waals surface area (Å²) in [5, 5.41) is 7.32. The average Bonchev–Trinajstić information content (AvgIpc) is 2.93. The summed E-state index contributed by atoms with van der Waals surface area (Å²) in [4.78, 5) is 16.5. The van der Waals surface area contributed by atoms with Crippen molar-refractivity contribution in [3.05, 3.63) is 18.0 Å². The monoisotopic (exact) mass is 321 g/mol. The molecule has 2 heterocycles. The lowest BCUT2D eigenvalue weighted by molar-refractivity contribution is 0.154. The summed E-state index contributed by atoms with van der Waals surface area (Å²) >= 11 is 0. The molecule has 1 aromatic heterocycles. The van der Waals surface area contributed by atoms with E-state index in [1.54, 1.807) is 4.68 Å². The number of carbonyl (C=O) groups is 1. The number of urea groups is 1. The van der Waals surface area contributed by atoms with Crippen molar-refractivity contribution >= 4 is 6.03 Å². The Bertz CT molecular complexity index is 503. The van der Waals surface area contributed by atoms with Crippen molar-refractivity contribution in [2.24, 2.45) is 18.9 Å². The summed E-state index contributed by atoms with van der Waals surface area (Å²) < 4.78 is 1.80. The van der Waals surface area contributed by atoms with Crippen LogP contribution >= 0.6 is 0 Å². The van der Waals surface area contributed by atoms with Crippen LogP contribution in [-0.2, 0) is 7.05 Å². The molecule has 0 saturated carbocycles. The predicted octanol–water partition coefficient (Wildman–Crippen LogP) is 2.10. The van der Waals surface area contributed by atoms with Gasteiger partial charge in [-0.05, 0) is 38.8 Å². The molecule has 0 bridgehead atoms. The molecule has 0 aliphatic carbocycles. The SMILES string of the molecule is CC(C)C1CCN(C(=O)NC[C@H](c2cnn(C)c2)N(C)C)CC1. The third-order valence-corrected chi connectivity index (χ3v) is 4.95. The maximum absolute atomic E-state index is 12.4. The quantitative estimate of drug-likeness (QED) is 0.903. The van der Waals surface area contributed by atoms with Gasteiger partial charge < -0.3 is 15.1 Å². The number of hydrogen-bond donors (Lipinski definition) is 1. The number of rotatable bonds is 5. The number of amides is 2. The summed E-state index contributed by atoms with van der Waals surface area (Å²) in [5.41, 5.74) is 1.12. The summed E-state index contributed by atoms with van der Waals surface area (Å²) in [5.74, 6) is 1.47. The van der Waals surface area contributed by atoms with Crippen LogP contribution in [0.4, 0.5) is 4.79 Å². The van der Waals surface area contributed by atoms with Gasteiger partial charge in [-0.2, -0.15) is 5.10 Å². The molecule has 6 heteroatoms. The van der Waals surface area contributed by atoms with E-state index in [2.05, 4.69) is 29.2 Å². The van der Waals surface area contributed by atoms with Gasteiger partial charge in [0, 0.05) is 38.4 Å². The van der Waals surface area contributed by atoms with E-state index in [0.717, 1.165) is 37.4 Å². The predicted molar refractivity (Wildman–Crippen MR) is 92.2 cm³/mol. The normalized spacial score (nSPS) is 17.8. The molecule has 1 N–H and O–H groups in total. The van der Waals surface area contributed by atoms with Crippen LogP contribution in [-0.4, -0.2) is 59.3 Å². The van der Waals surface area contributed by atoms with Gasteiger partial charge in [0.1, 0.15) is 0 Å². The van der Waals surface area contributed by atoms with Gasteiger partial charge in [0.05, 0.1) is 12.2 Å². The molecule has 0 radical (unpaired) electrons. The van der Waals surface area contributed by atoms with Crippen LogP contribution < -0.4 is 5.32 Å². The minimum Gasteiger partial charge on any atom is -0.336 e. The Kier molecular flexibility index (Phi) is 6.04. The molecule has 2 amide bonds. The molecule has 1 atom stereocenters. The Labute approximate surface area is 139 Å². The molecule has 6 nitrogen and oxygen atoms in total. The number of aryl methyl sites for hydroxylation is 1. The van der Waals surface area contributed by atoms with Crippen molar-refractivity contribution in [3.8, 4) is 0 Å². The smallest absolute Gasteiger partial charge is 0.317 e. The topological polar surface area (TPSA) is 53.4 Å². The Morgan fingerprint density at radius 2 is 2.04 bits per heavy atom. The van der Waals surface area contributed by atoms with Crippen LogP contribution in [0.15, 0.2) is 12.4 Å². The molecular weight excluding hydrogens is 290 g/mol. The highest BCUT2D eigenvalue weighted by Gasteiger charge is 2.25. The van der Waals surface area contributed by atoms with E-state index in [1.807, 2.05) is 38.4 Å². The summed E-state index contributed by atoms with van der Waals surface area (Å²) in [6.07, 6.45) is 6.10. The number of hydrogen-bond acceptors (Lipinski definition) is 3. The minimum absolute atomic E-state index is 0.0583. The van der Waals surface area contributed by atoms with Crippen LogP contribution in [0.5, 0.6) is 0 Å². The van der Waals surface area contributed by atoms with Crippen LogP contribution in [0.2, 0.25) is 0 Å². The molecule has 0 unspecified atom stereocenters. The summed E-state index contributed by atoms with van der Waals surface area (Å²) in [7, 11) is 5.96. The van der Waals surface area contributed by atoms with E-state index in [1.165, 1.54) is 0 Å². The second-order valence-corrected chi connectivity index (χ2v) is 7.18. The number of nitrogens with zero attached hydrogens (tertiary/aromatic N) is 4. The lowest BCUT2D eigenvalue weighted by Crippen LogP contribution is -2.46. The first-order chi connectivity index (χ1) is 10.9. The van der Waals surface area contributed by atoms with Crippen LogP contribution in [0.1, 0.15) is 38.3 Å². The lowest BCUT2D eigenvalue weighted by atomic mass is 9.87. The first-order valence-electron chi connectivity index (χ1n) is 8.56. The number of aromatic nitrogens is 2. The maximum atomic E-state index is 12.4. The molecule has 2 rings (SSSR count). The lowest BCUT2D eigenvalue weighted by Gasteiger charge is -2.34. The standard InChI is InChI=1S/C17H31N5O/c1-13(2)14-6-8-22(9-7-14)17(23)18-11-16(20(3)4)15-10-19-21(5)12-15/h10,12-14,16H,6-9,11H2,1-5H3,(H,18,23)/t16-/m1/s1. The van der Waals surface area contributed by atoms with Gasteiger partial charge in [-0.25, -0.2) is 4.79 Å². The van der Waals surface area contributed by atoms with Crippen molar-refractivity contribution in [2.75, 3.05) is 33.7 Å². The summed E-state index contributed by atoms with van der Waals surface area (Å²) in [6, 6.07) is 0.198. The van der Waals surface area contributed by atoms with Gasteiger partial charge in [-0.1, -0.05) is 13.8 Å². The van der Waals surface area contributed by atoms with Crippen molar-refractivity contribution < 1.29 is 4.79 Å². The third-order valence-electron chi connectivity index (χ3n) is 4.95. The fourth-order valence-corrected chi connectivity index (χ4v) is 3.28. The zero-order chi connectivity index (χ0) is 17.0. The van der Waals surface area contributed by atoms with E-state index < -0.39 is 0 Å². The minimum atomic E-state index is 0.0583. The fraction of sp³-hybridized carbons (Fsp3) is 0.765. The molecule has 1 saturated heterocycles. The molecule has 1 aromatic rings. The van der Waals surface area contributed by atoms with E-state index in [4.69, 9.17) is 0 Å². The van der Waals surface area contributed by atoms with Crippen molar-refractivity contribution in [1.82, 2.24) is 24.9 Å². The van der Waals surface area contributed by atoms with E-state index >= 15 is 0 Å². The van der Waals surface area contributed by atoms with Gasteiger partial charge in [0.2, 0.25) is 0 Å². The molecule has 23 heavy (non-hydrogen) atoms.